The third-order valence-corrected chi connectivity index (χ3v) is 4.41. The Kier molecular flexibility index (Phi) is 5.43. The molecule has 3 rings (SSSR count). The molecule has 0 aliphatic carbocycles. The molecule has 1 aliphatic heterocycles. The average molecular weight is 372 g/mol. The van der Waals surface area contributed by atoms with Gasteiger partial charge >= 0.3 is 11.9 Å². The van der Waals surface area contributed by atoms with Gasteiger partial charge in [-0.05, 0) is 18.2 Å². The minimum absolute atomic E-state index is 0.166. The molecule has 0 saturated carbocycles. The highest BCUT2D eigenvalue weighted by atomic mass is 32.1. The maximum absolute atomic E-state index is 12.0. The molecule has 1 atom stereocenters. The standard InChI is InChI=1S/C18H16N2O5S/c1-12(21)20(14-5-3-2-4-6-14)18-19-13(11-26-18)7-8-16(22)25-15-9-10-24-17(15)23/h2-8,11,15H,9-10H2,1H3/b8-7+/t15-/m0/s1. The van der Waals surface area contributed by atoms with Crippen molar-refractivity contribution in [2.45, 2.75) is 19.4 Å². The zero-order valence-corrected chi connectivity index (χ0v) is 14.8. The van der Waals surface area contributed by atoms with E-state index in [9.17, 15) is 14.4 Å². The number of hydrogen-bond donors (Lipinski definition) is 0. The van der Waals surface area contributed by atoms with Gasteiger partial charge in [0.2, 0.25) is 12.0 Å². The SMILES string of the molecule is CC(=O)N(c1ccccc1)c1nc(/C=C/C(=O)O[C@H]2CCOC2=O)cs1. The Hall–Kier alpha value is -3.00. The van der Waals surface area contributed by atoms with Crippen molar-refractivity contribution in [3.8, 4) is 0 Å². The van der Waals surface area contributed by atoms with Gasteiger partial charge in [0, 0.05) is 24.8 Å². The fraction of sp³-hybridized carbons (Fsp3) is 0.222. The van der Waals surface area contributed by atoms with E-state index in [0.29, 0.717) is 22.9 Å². The number of nitrogens with zero attached hydrogens (tertiary/aromatic N) is 2. The van der Waals surface area contributed by atoms with Gasteiger partial charge in [-0.3, -0.25) is 9.69 Å². The monoisotopic (exact) mass is 372 g/mol. The van der Waals surface area contributed by atoms with Crippen molar-refractivity contribution in [3.05, 3.63) is 47.5 Å². The van der Waals surface area contributed by atoms with Gasteiger partial charge in [-0.15, -0.1) is 11.3 Å². The lowest BCUT2D eigenvalue weighted by Crippen LogP contribution is -2.22. The Labute approximate surface area is 153 Å². The number of benzene rings is 1. The van der Waals surface area contributed by atoms with Crippen LogP contribution in [-0.2, 0) is 23.9 Å². The molecule has 1 saturated heterocycles. The first-order valence-corrected chi connectivity index (χ1v) is 8.79. The van der Waals surface area contributed by atoms with Crippen molar-refractivity contribution >= 4 is 46.1 Å². The number of rotatable bonds is 5. The summed E-state index contributed by atoms with van der Waals surface area (Å²) in [4.78, 5) is 40.9. The van der Waals surface area contributed by atoms with Crippen LogP contribution >= 0.6 is 11.3 Å². The first-order valence-electron chi connectivity index (χ1n) is 7.91. The molecule has 7 nitrogen and oxygen atoms in total. The second-order valence-electron chi connectivity index (χ2n) is 5.46. The molecule has 0 radical (unpaired) electrons. The molecule has 2 heterocycles. The predicted molar refractivity (Wildman–Crippen MR) is 95.9 cm³/mol. The highest BCUT2D eigenvalue weighted by Gasteiger charge is 2.29. The Morgan fingerprint density at radius 1 is 1.35 bits per heavy atom. The normalized spacial score (nSPS) is 16.5. The second-order valence-corrected chi connectivity index (χ2v) is 6.30. The van der Waals surface area contributed by atoms with Crippen molar-refractivity contribution in [1.82, 2.24) is 4.98 Å². The van der Waals surface area contributed by atoms with E-state index in [2.05, 4.69) is 4.98 Å². The van der Waals surface area contributed by atoms with E-state index in [4.69, 9.17) is 9.47 Å². The largest absolute Gasteiger partial charge is 0.463 e. The van der Waals surface area contributed by atoms with Crippen molar-refractivity contribution in [1.29, 1.82) is 0 Å². The fourth-order valence-corrected chi connectivity index (χ4v) is 3.23. The van der Waals surface area contributed by atoms with Crippen LogP contribution in [-0.4, -0.2) is 35.5 Å². The summed E-state index contributed by atoms with van der Waals surface area (Å²) in [7, 11) is 0. The fourth-order valence-electron chi connectivity index (χ4n) is 2.38. The smallest absolute Gasteiger partial charge is 0.347 e. The topological polar surface area (TPSA) is 85.8 Å². The molecule has 1 aromatic heterocycles. The van der Waals surface area contributed by atoms with Gasteiger partial charge in [0.15, 0.2) is 5.13 Å². The minimum Gasteiger partial charge on any atom is -0.463 e. The number of cyclic esters (lactones) is 1. The Morgan fingerprint density at radius 3 is 2.77 bits per heavy atom. The molecular weight excluding hydrogens is 356 g/mol. The predicted octanol–water partition coefficient (Wildman–Crippen LogP) is 2.70. The van der Waals surface area contributed by atoms with E-state index >= 15 is 0 Å². The summed E-state index contributed by atoms with van der Waals surface area (Å²) in [5.74, 6) is -1.34. The van der Waals surface area contributed by atoms with Crippen LogP contribution in [0.4, 0.5) is 10.8 Å². The summed E-state index contributed by atoms with van der Waals surface area (Å²) in [6.07, 6.45) is 2.20. The number of esters is 2. The number of amides is 1. The number of anilines is 2. The third-order valence-electron chi connectivity index (χ3n) is 3.57. The number of para-hydroxylation sites is 1. The van der Waals surface area contributed by atoms with Crippen LogP contribution < -0.4 is 4.90 Å². The van der Waals surface area contributed by atoms with Crippen LogP contribution in [0.1, 0.15) is 19.0 Å². The summed E-state index contributed by atoms with van der Waals surface area (Å²) in [5, 5.41) is 2.22. The van der Waals surface area contributed by atoms with Gasteiger partial charge in [0.05, 0.1) is 18.0 Å². The average Bonchev–Trinajstić information content (AvgIpc) is 3.24. The first-order chi connectivity index (χ1) is 12.5. The number of aromatic nitrogens is 1. The molecule has 26 heavy (non-hydrogen) atoms. The molecule has 134 valence electrons. The molecule has 0 unspecified atom stereocenters. The van der Waals surface area contributed by atoms with Gasteiger partial charge in [0.25, 0.3) is 0 Å². The van der Waals surface area contributed by atoms with Crippen molar-refractivity contribution in [2.24, 2.45) is 0 Å². The van der Waals surface area contributed by atoms with Crippen molar-refractivity contribution in [3.63, 3.8) is 0 Å². The second kappa shape index (κ2) is 7.92. The molecule has 0 bridgehead atoms. The van der Waals surface area contributed by atoms with Gasteiger partial charge in [-0.1, -0.05) is 18.2 Å². The van der Waals surface area contributed by atoms with Crippen LogP contribution in [0.2, 0.25) is 0 Å². The molecule has 2 aromatic rings. The Balaban J connectivity index is 1.69. The van der Waals surface area contributed by atoms with E-state index < -0.39 is 18.0 Å². The van der Waals surface area contributed by atoms with Gasteiger partial charge < -0.3 is 9.47 Å². The maximum atomic E-state index is 12.0. The third kappa shape index (κ3) is 4.15. The molecule has 1 aromatic carbocycles. The van der Waals surface area contributed by atoms with Gasteiger partial charge in [-0.2, -0.15) is 0 Å². The zero-order chi connectivity index (χ0) is 18.5. The van der Waals surface area contributed by atoms with E-state index in [1.165, 1.54) is 35.3 Å². The summed E-state index contributed by atoms with van der Waals surface area (Å²) in [6.45, 7) is 1.72. The molecule has 1 fully saturated rings. The quantitative estimate of drug-likeness (QED) is 0.593. The molecular formula is C18H16N2O5S. The van der Waals surface area contributed by atoms with E-state index in [-0.39, 0.29) is 12.5 Å². The summed E-state index contributed by atoms with van der Waals surface area (Å²) >= 11 is 1.28. The number of ether oxygens (including phenoxy) is 2. The highest BCUT2D eigenvalue weighted by molar-refractivity contribution is 7.14. The number of carbonyl (C=O) groups excluding carboxylic acids is 3. The molecule has 0 N–H and O–H groups in total. The van der Waals surface area contributed by atoms with Gasteiger partial charge in [-0.25, -0.2) is 14.6 Å². The summed E-state index contributed by atoms with van der Waals surface area (Å²) < 4.78 is 9.75. The van der Waals surface area contributed by atoms with Crippen LogP contribution in [0.25, 0.3) is 6.08 Å². The number of hydrogen-bond acceptors (Lipinski definition) is 7. The lowest BCUT2D eigenvalue weighted by atomic mass is 10.3. The van der Waals surface area contributed by atoms with E-state index in [1.54, 1.807) is 5.38 Å². The minimum atomic E-state index is -0.843. The molecule has 1 amide bonds. The number of carbonyl (C=O) groups is 3. The highest BCUT2D eigenvalue weighted by Crippen LogP contribution is 2.29. The van der Waals surface area contributed by atoms with Crippen LogP contribution in [0.15, 0.2) is 41.8 Å². The van der Waals surface area contributed by atoms with Crippen LogP contribution in [0, 0.1) is 0 Å². The molecule has 0 spiro atoms. The van der Waals surface area contributed by atoms with E-state index in [0.717, 1.165) is 0 Å². The van der Waals surface area contributed by atoms with Gasteiger partial charge in [0.1, 0.15) is 0 Å². The summed E-state index contributed by atoms with van der Waals surface area (Å²) in [5.41, 5.74) is 1.22. The maximum Gasteiger partial charge on any atom is 0.347 e. The van der Waals surface area contributed by atoms with E-state index in [1.807, 2.05) is 30.3 Å². The summed E-state index contributed by atoms with van der Waals surface area (Å²) in [6, 6.07) is 9.17. The Morgan fingerprint density at radius 2 is 2.12 bits per heavy atom. The molecule has 1 aliphatic rings. The molecule has 8 heteroatoms. The van der Waals surface area contributed by atoms with Crippen LogP contribution in [0.3, 0.4) is 0 Å². The van der Waals surface area contributed by atoms with Crippen LogP contribution in [0.5, 0.6) is 0 Å². The van der Waals surface area contributed by atoms with Crippen molar-refractivity contribution in [2.75, 3.05) is 11.5 Å². The zero-order valence-electron chi connectivity index (χ0n) is 14.0. The lowest BCUT2D eigenvalue weighted by Gasteiger charge is -2.17. The first kappa shape index (κ1) is 17.8. The number of thiazole rings is 1. The van der Waals surface area contributed by atoms with Crippen molar-refractivity contribution < 1.29 is 23.9 Å². The Bertz CT molecular complexity index is 846. The lowest BCUT2D eigenvalue weighted by molar-refractivity contribution is -0.156.